The Morgan fingerprint density at radius 1 is 0.900 bits per heavy atom. The molecule has 0 atom stereocenters. The minimum absolute atomic E-state index is 0.103. The molecule has 2 amide bonds. The van der Waals surface area contributed by atoms with Crippen molar-refractivity contribution in [1.29, 1.82) is 0 Å². The van der Waals surface area contributed by atoms with Crippen LogP contribution in [0, 0.1) is 0 Å². The number of thiophene rings is 1. The molecule has 0 radical (unpaired) electrons. The maximum Gasteiger partial charge on any atom is 0.287 e. The van der Waals surface area contributed by atoms with Crippen molar-refractivity contribution in [3.05, 3.63) is 104 Å². The summed E-state index contributed by atoms with van der Waals surface area (Å²) in [5.74, 6) is -0.897. The lowest BCUT2D eigenvalue weighted by atomic mass is 10.2. The molecule has 0 bridgehead atoms. The molecule has 2 aromatic carbocycles. The van der Waals surface area contributed by atoms with Crippen LogP contribution in [0.1, 0.15) is 20.8 Å². The quantitative estimate of drug-likeness (QED) is 0.282. The lowest BCUT2D eigenvalue weighted by Gasteiger charge is -2.08. The zero-order valence-electron chi connectivity index (χ0n) is 15.8. The molecule has 3 rings (SSSR count). The van der Waals surface area contributed by atoms with E-state index in [-0.39, 0.29) is 11.6 Å². The predicted octanol–water partition coefficient (Wildman–Crippen LogP) is 5.06. The molecule has 3 aromatic rings. The number of hydrogen-bond acceptors (Lipinski definition) is 4. The highest BCUT2D eigenvalue weighted by Gasteiger charge is 2.14. The summed E-state index contributed by atoms with van der Waals surface area (Å²) in [7, 11) is 0. The summed E-state index contributed by atoms with van der Waals surface area (Å²) in [5, 5.41) is 8.53. The summed E-state index contributed by atoms with van der Waals surface area (Å²) in [5.41, 5.74) is 4.01. The van der Waals surface area contributed by atoms with Crippen molar-refractivity contribution in [1.82, 2.24) is 10.7 Å². The fourth-order valence-electron chi connectivity index (χ4n) is 2.42. The second-order valence-electron chi connectivity index (χ2n) is 6.03. The van der Waals surface area contributed by atoms with Crippen LogP contribution in [0.25, 0.3) is 12.2 Å². The fraction of sp³-hybridized carbons (Fsp3) is 0. The standard InChI is InChI=1S/C23H18BrN3O2S/c24-19(14-17-8-3-1-4-9-17)16-25-27-23(29)21(15-20-12-7-13-30-20)26-22(28)18-10-5-2-6-11-18/h1-16H,(H,26,28)(H,27,29). The number of hydrogen-bond donors (Lipinski definition) is 2. The van der Waals surface area contributed by atoms with Gasteiger partial charge in [-0.15, -0.1) is 11.3 Å². The zero-order valence-corrected chi connectivity index (χ0v) is 18.2. The van der Waals surface area contributed by atoms with Gasteiger partial charge < -0.3 is 5.32 Å². The van der Waals surface area contributed by atoms with E-state index in [1.807, 2.05) is 60.0 Å². The summed E-state index contributed by atoms with van der Waals surface area (Å²) in [4.78, 5) is 26.0. The van der Waals surface area contributed by atoms with E-state index in [0.717, 1.165) is 10.4 Å². The van der Waals surface area contributed by atoms with Crippen LogP contribution < -0.4 is 10.7 Å². The molecular formula is C23H18BrN3O2S. The Hall–Kier alpha value is -3.29. The smallest absolute Gasteiger partial charge is 0.287 e. The third-order valence-corrected chi connectivity index (χ3v) is 5.07. The van der Waals surface area contributed by atoms with E-state index in [4.69, 9.17) is 0 Å². The number of nitrogens with zero attached hydrogens (tertiary/aromatic N) is 1. The molecular weight excluding hydrogens is 462 g/mol. The number of carbonyl (C=O) groups excluding carboxylic acids is 2. The lowest BCUT2D eigenvalue weighted by Crippen LogP contribution is -2.32. The molecule has 7 heteroatoms. The Morgan fingerprint density at radius 2 is 1.60 bits per heavy atom. The molecule has 30 heavy (non-hydrogen) atoms. The van der Waals surface area contributed by atoms with Crippen molar-refractivity contribution in [2.75, 3.05) is 0 Å². The van der Waals surface area contributed by atoms with Gasteiger partial charge >= 0.3 is 0 Å². The van der Waals surface area contributed by atoms with E-state index >= 15 is 0 Å². The normalized spacial score (nSPS) is 12.0. The number of hydrazone groups is 1. The van der Waals surface area contributed by atoms with Crippen molar-refractivity contribution in [2.24, 2.45) is 5.10 Å². The summed E-state index contributed by atoms with van der Waals surface area (Å²) in [6, 6.07) is 22.1. The molecule has 1 heterocycles. The van der Waals surface area contributed by atoms with Crippen LogP contribution in [0.5, 0.6) is 0 Å². The van der Waals surface area contributed by atoms with Crippen molar-refractivity contribution in [2.45, 2.75) is 0 Å². The molecule has 0 fully saturated rings. The number of amides is 2. The first-order valence-corrected chi connectivity index (χ1v) is 10.7. The summed E-state index contributed by atoms with van der Waals surface area (Å²) in [6.07, 6.45) is 4.97. The van der Waals surface area contributed by atoms with Gasteiger partial charge in [0.05, 0.1) is 6.21 Å². The summed E-state index contributed by atoms with van der Waals surface area (Å²) in [6.45, 7) is 0. The third-order valence-electron chi connectivity index (χ3n) is 3.82. The molecule has 0 saturated carbocycles. The zero-order chi connectivity index (χ0) is 21.2. The average molecular weight is 480 g/mol. The van der Waals surface area contributed by atoms with Crippen molar-refractivity contribution in [3.8, 4) is 0 Å². The van der Waals surface area contributed by atoms with Crippen LogP contribution in [0.2, 0.25) is 0 Å². The van der Waals surface area contributed by atoms with E-state index in [2.05, 4.69) is 31.8 Å². The van der Waals surface area contributed by atoms with E-state index in [0.29, 0.717) is 10.0 Å². The van der Waals surface area contributed by atoms with Crippen LogP contribution >= 0.6 is 27.3 Å². The van der Waals surface area contributed by atoms with E-state index in [1.54, 1.807) is 30.3 Å². The number of rotatable bonds is 7. The second kappa shape index (κ2) is 11.0. The SMILES string of the molecule is O=C(NN=CC(Br)=Cc1ccccc1)C(=Cc1cccs1)NC(=O)c1ccccc1. The third kappa shape index (κ3) is 6.65. The minimum Gasteiger partial charge on any atom is -0.317 e. The van der Waals surface area contributed by atoms with Crippen LogP contribution in [-0.2, 0) is 4.79 Å². The molecule has 0 aliphatic carbocycles. The van der Waals surface area contributed by atoms with Gasteiger partial charge in [0.1, 0.15) is 5.70 Å². The van der Waals surface area contributed by atoms with Crippen LogP contribution in [0.15, 0.2) is 93.5 Å². The predicted molar refractivity (Wildman–Crippen MR) is 126 cm³/mol. The van der Waals surface area contributed by atoms with Gasteiger partial charge in [-0.3, -0.25) is 9.59 Å². The second-order valence-corrected chi connectivity index (χ2v) is 7.93. The fourth-order valence-corrected chi connectivity index (χ4v) is 3.44. The topological polar surface area (TPSA) is 70.6 Å². The summed E-state index contributed by atoms with van der Waals surface area (Å²) < 4.78 is 0.686. The Balaban J connectivity index is 1.71. The first kappa shape index (κ1) is 21.4. The molecule has 0 unspecified atom stereocenters. The van der Waals surface area contributed by atoms with Crippen molar-refractivity contribution >= 4 is 57.4 Å². The molecule has 0 saturated heterocycles. The minimum atomic E-state index is -0.524. The molecule has 0 aliphatic heterocycles. The Bertz CT molecular complexity index is 1080. The number of allylic oxidation sites excluding steroid dienone is 1. The van der Waals surface area contributed by atoms with E-state index < -0.39 is 5.91 Å². The molecule has 0 aliphatic rings. The van der Waals surface area contributed by atoms with Gasteiger partial charge in [-0.2, -0.15) is 5.10 Å². The maximum atomic E-state index is 12.6. The molecule has 1 aromatic heterocycles. The number of benzene rings is 2. The van der Waals surface area contributed by atoms with Crippen molar-refractivity contribution in [3.63, 3.8) is 0 Å². The first-order chi connectivity index (χ1) is 14.6. The van der Waals surface area contributed by atoms with E-state index in [1.165, 1.54) is 17.6 Å². The largest absolute Gasteiger partial charge is 0.317 e. The number of nitrogens with one attached hydrogen (secondary N) is 2. The van der Waals surface area contributed by atoms with Gasteiger partial charge in [0.25, 0.3) is 11.8 Å². The maximum absolute atomic E-state index is 12.6. The Morgan fingerprint density at radius 3 is 2.27 bits per heavy atom. The number of halogens is 1. The Kier molecular flexibility index (Phi) is 7.88. The van der Waals surface area contributed by atoms with Crippen LogP contribution in [0.4, 0.5) is 0 Å². The highest BCUT2D eigenvalue weighted by atomic mass is 79.9. The van der Waals surface area contributed by atoms with Gasteiger partial charge in [0.15, 0.2) is 0 Å². The molecule has 150 valence electrons. The summed E-state index contributed by atoms with van der Waals surface area (Å²) >= 11 is 4.86. The average Bonchev–Trinajstić information content (AvgIpc) is 3.27. The molecule has 2 N–H and O–H groups in total. The van der Waals surface area contributed by atoms with Crippen LogP contribution in [0.3, 0.4) is 0 Å². The van der Waals surface area contributed by atoms with Crippen LogP contribution in [-0.4, -0.2) is 18.0 Å². The van der Waals surface area contributed by atoms with E-state index in [9.17, 15) is 9.59 Å². The van der Waals surface area contributed by atoms with Crippen molar-refractivity contribution < 1.29 is 9.59 Å². The highest BCUT2D eigenvalue weighted by Crippen LogP contribution is 2.13. The van der Waals surface area contributed by atoms with Gasteiger partial charge in [0, 0.05) is 14.9 Å². The molecule has 0 spiro atoms. The Labute approximate surface area is 187 Å². The lowest BCUT2D eigenvalue weighted by molar-refractivity contribution is -0.117. The molecule has 5 nitrogen and oxygen atoms in total. The van der Waals surface area contributed by atoms with Gasteiger partial charge in [0.2, 0.25) is 0 Å². The van der Waals surface area contributed by atoms with Gasteiger partial charge in [-0.05, 0) is 57.2 Å². The van der Waals surface area contributed by atoms with Gasteiger partial charge in [-0.25, -0.2) is 5.43 Å². The monoisotopic (exact) mass is 479 g/mol. The number of carbonyl (C=O) groups is 2. The first-order valence-electron chi connectivity index (χ1n) is 8.99. The van der Waals surface area contributed by atoms with Gasteiger partial charge in [-0.1, -0.05) is 54.6 Å². The highest BCUT2D eigenvalue weighted by molar-refractivity contribution is 9.12.